The fraction of sp³-hybridized carbons (Fsp3) is 1.00. The Kier molecular flexibility index (Phi) is 12.2. The van der Waals surface area contributed by atoms with Crippen LogP contribution in [0.3, 0.4) is 0 Å². The summed E-state index contributed by atoms with van der Waals surface area (Å²) < 4.78 is 28.4. The summed E-state index contributed by atoms with van der Waals surface area (Å²) in [6.45, 7) is 8.15. The van der Waals surface area contributed by atoms with Gasteiger partial charge in [-0.2, -0.15) is 0 Å². The highest BCUT2D eigenvalue weighted by Gasteiger charge is 2.30. The minimum absolute atomic E-state index is 0.361. The maximum atomic E-state index is 5.98. The van der Waals surface area contributed by atoms with Crippen molar-refractivity contribution in [3.05, 3.63) is 0 Å². The van der Waals surface area contributed by atoms with Crippen molar-refractivity contribution in [1.29, 1.82) is 0 Å². The number of rotatable bonds is 17. The highest BCUT2D eigenvalue weighted by molar-refractivity contribution is 5.98. The highest BCUT2D eigenvalue weighted by atomic mass is 28.2. The van der Waals surface area contributed by atoms with Crippen LogP contribution in [-0.4, -0.2) is 55.6 Å². The van der Waals surface area contributed by atoms with Gasteiger partial charge < -0.3 is 23.4 Å². The van der Waals surface area contributed by atoms with Crippen LogP contribution in [0.4, 0.5) is 0 Å². The third-order valence-corrected chi connectivity index (χ3v) is 4.55. The first-order chi connectivity index (χ1) is 11.3. The highest BCUT2D eigenvalue weighted by Crippen LogP contribution is 2.23. The molecular weight excluding hydrogens is 312 g/mol. The Morgan fingerprint density at radius 1 is 0.957 bits per heavy atom. The summed E-state index contributed by atoms with van der Waals surface area (Å²) in [5, 5.41) is 0. The molecule has 0 saturated carbocycles. The molecule has 23 heavy (non-hydrogen) atoms. The van der Waals surface area contributed by atoms with Crippen molar-refractivity contribution in [2.75, 3.05) is 33.0 Å². The zero-order valence-corrected chi connectivity index (χ0v) is 17.3. The van der Waals surface area contributed by atoms with Gasteiger partial charge in [0.2, 0.25) is 0 Å². The van der Waals surface area contributed by atoms with Crippen LogP contribution in [0.1, 0.15) is 65.2 Å². The normalized spacial score (nSPS) is 17.7. The Balaban J connectivity index is 2.19. The van der Waals surface area contributed by atoms with Gasteiger partial charge in [0.05, 0.1) is 26.4 Å². The second kappa shape index (κ2) is 13.3. The number of hydrogen-bond donors (Lipinski definition) is 0. The molecule has 0 aromatic rings. The summed E-state index contributed by atoms with van der Waals surface area (Å²) in [6, 6.07) is 0. The molecule has 0 bridgehead atoms. The second-order valence-corrected chi connectivity index (χ2v) is 6.54. The number of epoxide rings is 1. The van der Waals surface area contributed by atoms with Gasteiger partial charge in [0.15, 0.2) is 10.5 Å². The fourth-order valence-corrected chi connectivity index (χ4v) is 2.69. The first-order valence-corrected chi connectivity index (χ1v) is 10.1. The molecule has 1 saturated heterocycles. The van der Waals surface area contributed by atoms with Crippen molar-refractivity contribution in [3.63, 3.8) is 0 Å². The lowest BCUT2D eigenvalue weighted by Crippen LogP contribution is -2.39. The average molecular weight is 349 g/mol. The van der Waals surface area contributed by atoms with Gasteiger partial charge in [-0.1, -0.05) is 33.1 Å². The van der Waals surface area contributed by atoms with Crippen LogP contribution < -0.4 is 0 Å². The number of unbranched alkanes of at least 4 members (excludes halogenated alkanes) is 4. The van der Waals surface area contributed by atoms with Gasteiger partial charge in [-0.15, -0.1) is 0 Å². The first-order valence-electron chi connectivity index (χ1n) is 9.28. The summed E-state index contributed by atoms with van der Waals surface area (Å²) in [5.41, 5.74) is 0. The van der Waals surface area contributed by atoms with E-state index >= 15 is 0 Å². The van der Waals surface area contributed by atoms with Gasteiger partial charge in [-0.25, -0.2) is 0 Å². The van der Waals surface area contributed by atoms with E-state index in [-0.39, 0.29) is 0 Å². The third kappa shape index (κ3) is 10.5. The Labute approximate surface area is 144 Å². The van der Waals surface area contributed by atoms with E-state index in [1.54, 1.807) is 0 Å². The molecule has 0 N–H and O–H groups in total. The first kappa shape index (κ1) is 21.1. The minimum Gasteiger partial charge on any atom is -0.380 e. The zero-order valence-electron chi connectivity index (χ0n) is 15.3. The van der Waals surface area contributed by atoms with Gasteiger partial charge in [0.1, 0.15) is 6.10 Å². The molecule has 1 heterocycles. The van der Waals surface area contributed by atoms with E-state index in [4.69, 9.17) is 23.4 Å². The Hall–Kier alpha value is 0.0169. The maximum Gasteiger partial charge on any atom is 0.272 e. The molecule has 1 aliphatic rings. The molecule has 1 rings (SSSR count). The molecule has 1 atom stereocenters. The van der Waals surface area contributed by atoms with Crippen molar-refractivity contribution < 1.29 is 23.4 Å². The quantitative estimate of drug-likeness (QED) is 0.175. The number of ether oxygens (including phenoxy) is 4. The van der Waals surface area contributed by atoms with Crippen molar-refractivity contribution in [2.45, 2.75) is 77.3 Å². The predicted molar refractivity (Wildman–Crippen MR) is 94.5 cm³/mol. The summed E-state index contributed by atoms with van der Waals surface area (Å²) in [6.07, 6.45) is 8.68. The van der Waals surface area contributed by atoms with Crippen LogP contribution in [0.25, 0.3) is 0 Å². The summed E-state index contributed by atoms with van der Waals surface area (Å²) >= 11 is 0. The third-order valence-electron chi connectivity index (χ3n) is 3.93. The van der Waals surface area contributed by atoms with Crippen LogP contribution in [0.15, 0.2) is 0 Å². The summed E-state index contributed by atoms with van der Waals surface area (Å²) in [4.78, 5) is 0. The second-order valence-electron chi connectivity index (χ2n) is 6.13. The van der Waals surface area contributed by atoms with Gasteiger partial charge in [0.25, 0.3) is 5.97 Å². The number of hydrogen-bond acceptors (Lipinski definition) is 5. The van der Waals surface area contributed by atoms with E-state index in [1.165, 1.54) is 0 Å². The molecule has 0 spiro atoms. The fourth-order valence-electron chi connectivity index (χ4n) is 2.25. The Bertz CT molecular complexity index is 264. The van der Waals surface area contributed by atoms with Crippen molar-refractivity contribution >= 4 is 10.5 Å². The van der Waals surface area contributed by atoms with E-state index in [0.717, 1.165) is 71.2 Å². The topological polar surface area (TPSA) is 49.5 Å². The van der Waals surface area contributed by atoms with Crippen LogP contribution in [-0.2, 0) is 23.4 Å². The minimum atomic E-state index is -0.806. The standard InChI is InChI=1S/C17H36O5Si/c1-3-5-12-20-17(22-23,21-13-6-4-2)10-8-7-9-11-18-14-16-15-19-16/h16H,3-15H2,1-2,23H3. The smallest absolute Gasteiger partial charge is 0.272 e. The lowest BCUT2D eigenvalue weighted by molar-refractivity contribution is -0.347. The summed E-state index contributed by atoms with van der Waals surface area (Å²) in [5.74, 6) is -0.806. The lowest BCUT2D eigenvalue weighted by atomic mass is 10.1. The molecule has 138 valence electrons. The lowest BCUT2D eigenvalue weighted by Gasteiger charge is -2.33. The maximum absolute atomic E-state index is 5.98. The van der Waals surface area contributed by atoms with Crippen molar-refractivity contribution in [1.82, 2.24) is 0 Å². The van der Waals surface area contributed by atoms with Crippen LogP contribution in [0.5, 0.6) is 0 Å². The molecule has 0 aromatic carbocycles. The molecule has 1 unspecified atom stereocenters. The SMILES string of the molecule is CCCCOC(CCCCCOCC1CO1)(O[SiH3])OCCCC. The van der Waals surface area contributed by atoms with E-state index in [0.29, 0.717) is 29.8 Å². The Morgan fingerprint density at radius 2 is 1.61 bits per heavy atom. The summed E-state index contributed by atoms with van der Waals surface area (Å²) in [7, 11) is 0.619. The van der Waals surface area contributed by atoms with Gasteiger partial charge >= 0.3 is 0 Å². The largest absolute Gasteiger partial charge is 0.380 e. The molecule has 5 nitrogen and oxygen atoms in total. The van der Waals surface area contributed by atoms with E-state index in [2.05, 4.69) is 13.8 Å². The predicted octanol–water partition coefficient (Wildman–Crippen LogP) is 2.55. The van der Waals surface area contributed by atoms with E-state index in [9.17, 15) is 0 Å². The van der Waals surface area contributed by atoms with Crippen molar-refractivity contribution in [2.24, 2.45) is 0 Å². The van der Waals surface area contributed by atoms with Gasteiger partial charge in [-0.05, 0) is 25.7 Å². The van der Waals surface area contributed by atoms with E-state index in [1.807, 2.05) is 0 Å². The Morgan fingerprint density at radius 3 is 2.13 bits per heavy atom. The molecule has 0 aliphatic carbocycles. The molecular formula is C17H36O5Si. The zero-order chi connectivity index (χ0) is 16.8. The van der Waals surface area contributed by atoms with Crippen LogP contribution >= 0.6 is 0 Å². The average Bonchev–Trinajstić information content (AvgIpc) is 3.38. The molecule has 0 radical (unpaired) electrons. The molecule has 1 fully saturated rings. The monoisotopic (exact) mass is 348 g/mol. The molecule has 0 aromatic heterocycles. The molecule has 6 heteroatoms. The van der Waals surface area contributed by atoms with Crippen LogP contribution in [0.2, 0.25) is 0 Å². The van der Waals surface area contributed by atoms with Crippen molar-refractivity contribution in [3.8, 4) is 0 Å². The molecule has 0 amide bonds. The van der Waals surface area contributed by atoms with Gasteiger partial charge in [0, 0.05) is 13.0 Å². The molecule has 1 aliphatic heterocycles. The van der Waals surface area contributed by atoms with Gasteiger partial charge in [-0.3, -0.25) is 0 Å². The van der Waals surface area contributed by atoms with E-state index < -0.39 is 5.97 Å². The van der Waals surface area contributed by atoms with Crippen LogP contribution in [0, 0.1) is 0 Å².